The Balaban J connectivity index is 0.000000621. The van der Waals surface area contributed by atoms with E-state index < -0.39 is 11.9 Å². The van der Waals surface area contributed by atoms with Gasteiger partial charge in [0.15, 0.2) is 0 Å². The molecule has 5 nitrogen and oxygen atoms in total. The van der Waals surface area contributed by atoms with Gasteiger partial charge in [-0.05, 0) is 18.6 Å². The van der Waals surface area contributed by atoms with Crippen molar-refractivity contribution in [2.24, 2.45) is 0 Å². The molecule has 0 aliphatic carbocycles. The molecule has 0 aliphatic heterocycles. The van der Waals surface area contributed by atoms with Crippen molar-refractivity contribution in [2.45, 2.75) is 84.5 Å². The lowest BCUT2D eigenvalue weighted by Gasteiger charge is -2.02. The Morgan fingerprint density at radius 3 is 1.74 bits per heavy atom. The lowest BCUT2D eigenvalue weighted by molar-refractivity contribution is -0.159. The summed E-state index contributed by atoms with van der Waals surface area (Å²) in [6.07, 6.45) is 11.6. The van der Waals surface area contributed by atoms with Gasteiger partial charge < -0.3 is 9.84 Å². The summed E-state index contributed by atoms with van der Waals surface area (Å²) in [4.78, 5) is 32.2. The van der Waals surface area contributed by atoms with Crippen molar-refractivity contribution in [3.05, 3.63) is 35.9 Å². The number of aromatic carboxylic acids is 1. The number of carbonyl (C=O) groups excluding carboxylic acids is 2. The second kappa shape index (κ2) is 17.3. The zero-order chi connectivity index (χ0) is 20.3. The van der Waals surface area contributed by atoms with E-state index in [1.54, 1.807) is 37.3 Å². The molecule has 1 aromatic carbocycles. The number of esters is 2. The molecule has 5 heteroatoms. The van der Waals surface area contributed by atoms with E-state index in [0.717, 1.165) is 12.8 Å². The van der Waals surface area contributed by atoms with Crippen LogP contribution in [-0.2, 0) is 14.3 Å². The summed E-state index contributed by atoms with van der Waals surface area (Å²) < 4.78 is 4.59. The first-order valence-corrected chi connectivity index (χ1v) is 10.0. The first kappa shape index (κ1) is 24.8. The fourth-order valence-electron chi connectivity index (χ4n) is 2.41. The number of hydrogen-bond acceptors (Lipinski definition) is 4. The number of carbonyl (C=O) groups is 3. The summed E-state index contributed by atoms with van der Waals surface area (Å²) in [6, 6.07) is 8.30. The summed E-state index contributed by atoms with van der Waals surface area (Å²) in [6.45, 7) is 3.91. The van der Waals surface area contributed by atoms with Crippen molar-refractivity contribution in [1.29, 1.82) is 0 Å². The second-order valence-electron chi connectivity index (χ2n) is 6.45. The molecule has 1 rings (SSSR count). The molecule has 152 valence electrons. The Hall–Kier alpha value is -2.17. The molecule has 1 aromatic rings. The maximum Gasteiger partial charge on any atom is 0.335 e. The highest BCUT2D eigenvalue weighted by Crippen LogP contribution is 2.10. The Bertz CT molecular complexity index is 525. The van der Waals surface area contributed by atoms with Gasteiger partial charge in [-0.1, -0.05) is 83.4 Å². The van der Waals surface area contributed by atoms with E-state index in [1.807, 2.05) is 0 Å². The third kappa shape index (κ3) is 15.8. The molecule has 0 unspecified atom stereocenters. The number of unbranched alkanes of at least 4 members (excludes halogenated alkanes) is 8. The van der Waals surface area contributed by atoms with Crippen LogP contribution in [0, 0.1) is 0 Å². The van der Waals surface area contributed by atoms with E-state index in [9.17, 15) is 14.4 Å². The third-order valence-electron chi connectivity index (χ3n) is 4.02. The average Bonchev–Trinajstić information content (AvgIpc) is 2.67. The first-order chi connectivity index (χ1) is 13.0. The Morgan fingerprint density at radius 2 is 1.30 bits per heavy atom. The van der Waals surface area contributed by atoms with E-state index in [2.05, 4.69) is 11.7 Å². The van der Waals surface area contributed by atoms with Crippen molar-refractivity contribution >= 4 is 17.9 Å². The monoisotopic (exact) mass is 378 g/mol. The standard InChI is InChI=1S/C15H28O3.C7H6O2/c1-3-5-6-7-8-9-10-11-12-13-15(17)18-14(16)4-2;8-7(9)6-4-2-1-3-5-6/h3-13H2,1-2H3;1-5H,(H,8,9). The van der Waals surface area contributed by atoms with Gasteiger partial charge in [-0.15, -0.1) is 0 Å². The van der Waals surface area contributed by atoms with Crippen LogP contribution in [0.25, 0.3) is 0 Å². The smallest absolute Gasteiger partial charge is 0.335 e. The normalized spacial score (nSPS) is 9.85. The number of hydrogen-bond donors (Lipinski definition) is 1. The first-order valence-electron chi connectivity index (χ1n) is 10.0. The summed E-state index contributed by atoms with van der Waals surface area (Å²) >= 11 is 0. The average molecular weight is 379 g/mol. The Kier molecular flexibility index (Phi) is 15.9. The van der Waals surface area contributed by atoms with Gasteiger partial charge in [0.2, 0.25) is 0 Å². The molecule has 0 radical (unpaired) electrons. The molecule has 0 aromatic heterocycles. The lowest BCUT2D eigenvalue weighted by Crippen LogP contribution is -2.10. The molecule has 0 aliphatic rings. The molecule has 0 saturated heterocycles. The van der Waals surface area contributed by atoms with E-state index in [4.69, 9.17) is 5.11 Å². The molecule has 0 amide bonds. The lowest BCUT2D eigenvalue weighted by atomic mass is 10.1. The topological polar surface area (TPSA) is 80.7 Å². The highest BCUT2D eigenvalue weighted by Gasteiger charge is 2.07. The largest absolute Gasteiger partial charge is 0.478 e. The van der Waals surface area contributed by atoms with Crippen LogP contribution in [0.15, 0.2) is 30.3 Å². The Morgan fingerprint density at radius 1 is 0.778 bits per heavy atom. The van der Waals surface area contributed by atoms with E-state index in [0.29, 0.717) is 12.0 Å². The van der Waals surface area contributed by atoms with Crippen LogP contribution in [-0.4, -0.2) is 23.0 Å². The van der Waals surface area contributed by atoms with Gasteiger partial charge in [-0.3, -0.25) is 9.59 Å². The van der Waals surface area contributed by atoms with Gasteiger partial charge in [0.25, 0.3) is 0 Å². The quantitative estimate of drug-likeness (QED) is 0.283. The van der Waals surface area contributed by atoms with E-state index in [1.165, 1.54) is 44.9 Å². The minimum Gasteiger partial charge on any atom is -0.478 e. The highest BCUT2D eigenvalue weighted by molar-refractivity contribution is 5.87. The minimum atomic E-state index is -0.879. The predicted molar refractivity (Wildman–Crippen MR) is 107 cm³/mol. The maximum absolute atomic E-state index is 11.2. The van der Waals surface area contributed by atoms with Crippen LogP contribution in [0.2, 0.25) is 0 Å². The van der Waals surface area contributed by atoms with E-state index in [-0.39, 0.29) is 12.4 Å². The van der Waals surface area contributed by atoms with Crippen LogP contribution in [0.5, 0.6) is 0 Å². The molecule has 1 N–H and O–H groups in total. The van der Waals surface area contributed by atoms with Gasteiger partial charge in [0.1, 0.15) is 0 Å². The van der Waals surface area contributed by atoms with Gasteiger partial charge in [0, 0.05) is 12.8 Å². The SMILES string of the molecule is CCCCCCCCCCCC(=O)OC(=O)CC.O=C(O)c1ccccc1. The van der Waals surface area contributed by atoms with Crippen molar-refractivity contribution in [3.63, 3.8) is 0 Å². The molecule has 27 heavy (non-hydrogen) atoms. The maximum atomic E-state index is 11.2. The van der Waals surface area contributed by atoms with Crippen molar-refractivity contribution < 1.29 is 24.2 Å². The number of ether oxygens (including phenoxy) is 1. The highest BCUT2D eigenvalue weighted by atomic mass is 16.6. The fourth-order valence-corrected chi connectivity index (χ4v) is 2.41. The second-order valence-corrected chi connectivity index (χ2v) is 6.45. The number of carboxylic acid groups (broad SMARTS) is 1. The summed E-state index contributed by atoms with van der Waals surface area (Å²) in [7, 11) is 0. The number of rotatable bonds is 12. The fraction of sp³-hybridized carbons (Fsp3) is 0.591. The zero-order valence-corrected chi connectivity index (χ0v) is 16.7. The van der Waals surface area contributed by atoms with Gasteiger partial charge >= 0.3 is 17.9 Å². The third-order valence-corrected chi connectivity index (χ3v) is 4.02. The zero-order valence-electron chi connectivity index (χ0n) is 16.7. The summed E-state index contributed by atoms with van der Waals surface area (Å²) in [5.41, 5.74) is 0.331. The van der Waals surface area contributed by atoms with Crippen LogP contribution < -0.4 is 0 Å². The minimum absolute atomic E-state index is 0.267. The van der Waals surface area contributed by atoms with E-state index >= 15 is 0 Å². The summed E-state index contributed by atoms with van der Waals surface area (Å²) in [5, 5.41) is 8.38. The summed E-state index contributed by atoms with van der Waals surface area (Å²) in [5.74, 6) is -1.67. The molecule has 0 fully saturated rings. The molecule has 0 heterocycles. The van der Waals surface area contributed by atoms with Gasteiger partial charge in [-0.25, -0.2) is 4.79 Å². The molecular weight excluding hydrogens is 344 g/mol. The molecule has 0 atom stereocenters. The van der Waals surface area contributed by atoms with Crippen LogP contribution in [0.3, 0.4) is 0 Å². The number of carboxylic acids is 1. The molecule has 0 bridgehead atoms. The van der Waals surface area contributed by atoms with Crippen LogP contribution in [0.4, 0.5) is 0 Å². The van der Waals surface area contributed by atoms with Gasteiger partial charge in [0.05, 0.1) is 5.56 Å². The van der Waals surface area contributed by atoms with Crippen molar-refractivity contribution in [3.8, 4) is 0 Å². The van der Waals surface area contributed by atoms with Crippen molar-refractivity contribution in [2.75, 3.05) is 0 Å². The predicted octanol–water partition coefficient (Wildman–Crippen LogP) is 5.77. The van der Waals surface area contributed by atoms with Crippen LogP contribution >= 0.6 is 0 Å². The molecular formula is C22H34O5. The van der Waals surface area contributed by atoms with Gasteiger partial charge in [-0.2, -0.15) is 0 Å². The Labute approximate surface area is 163 Å². The molecule has 0 saturated carbocycles. The molecule has 0 spiro atoms. The van der Waals surface area contributed by atoms with Crippen LogP contribution in [0.1, 0.15) is 94.8 Å². The van der Waals surface area contributed by atoms with Crippen molar-refractivity contribution in [1.82, 2.24) is 0 Å². The number of benzene rings is 1.